The van der Waals surface area contributed by atoms with Gasteiger partial charge in [0.05, 0.1) is 28.4 Å². The van der Waals surface area contributed by atoms with E-state index in [4.69, 9.17) is 4.74 Å². The summed E-state index contributed by atoms with van der Waals surface area (Å²) < 4.78 is 5.96. The molecule has 0 atom stereocenters. The maximum absolute atomic E-state index is 10.7. The second-order valence-corrected chi connectivity index (χ2v) is 4.93. The third-order valence-electron chi connectivity index (χ3n) is 2.64. The zero-order chi connectivity index (χ0) is 15.2. The molecule has 0 radical (unpaired) electrons. The largest absolute Gasteiger partial charge is 0.496 e. The summed E-state index contributed by atoms with van der Waals surface area (Å²) in [6, 6.07) is 11.7. The number of hydrogen-bond acceptors (Lipinski definition) is 5. The molecule has 0 aliphatic rings. The van der Waals surface area contributed by atoms with Crippen molar-refractivity contribution in [3.63, 3.8) is 0 Å². The van der Waals surface area contributed by atoms with E-state index in [9.17, 15) is 10.1 Å². The van der Waals surface area contributed by atoms with Crippen molar-refractivity contribution in [1.82, 2.24) is 0 Å². The van der Waals surface area contributed by atoms with Crippen LogP contribution in [0, 0.1) is 10.1 Å². The Morgan fingerprint density at radius 2 is 2.14 bits per heavy atom. The first kappa shape index (κ1) is 15.0. The first-order valence-electron chi connectivity index (χ1n) is 5.97. The number of halogens is 1. The highest BCUT2D eigenvalue weighted by Gasteiger charge is 2.04. The Balaban J connectivity index is 2.07. The Hall–Kier alpha value is -2.41. The number of benzene rings is 2. The maximum Gasteiger partial charge on any atom is 0.271 e. The van der Waals surface area contributed by atoms with Crippen LogP contribution >= 0.6 is 15.9 Å². The number of nitro benzene ring substituents is 1. The van der Waals surface area contributed by atoms with Crippen LogP contribution in [-0.4, -0.2) is 18.2 Å². The highest BCUT2D eigenvalue weighted by Crippen LogP contribution is 2.24. The van der Waals surface area contributed by atoms with Crippen LogP contribution < -0.4 is 10.2 Å². The molecular formula is C14H12BrN3O3. The molecule has 0 amide bonds. The topological polar surface area (TPSA) is 76.8 Å². The van der Waals surface area contributed by atoms with Crippen molar-refractivity contribution < 1.29 is 9.66 Å². The molecule has 7 heteroatoms. The van der Waals surface area contributed by atoms with E-state index < -0.39 is 4.92 Å². The summed E-state index contributed by atoms with van der Waals surface area (Å²) in [7, 11) is 1.59. The predicted octanol–water partition coefficient (Wildman–Crippen LogP) is 3.81. The number of anilines is 1. The fraction of sp³-hybridized carbons (Fsp3) is 0.0714. The molecule has 0 saturated carbocycles. The molecule has 2 rings (SSSR count). The molecule has 108 valence electrons. The molecular weight excluding hydrogens is 338 g/mol. The van der Waals surface area contributed by atoms with E-state index in [2.05, 4.69) is 26.5 Å². The number of ether oxygens (including phenoxy) is 1. The second-order valence-electron chi connectivity index (χ2n) is 4.07. The number of nitro groups is 1. The molecule has 0 unspecified atom stereocenters. The Morgan fingerprint density at radius 1 is 1.33 bits per heavy atom. The normalized spacial score (nSPS) is 10.6. The number of nitrogens with one attached hydrogen (secondary N) is 1. The van der Waals surface area contributed by atoms with Crippen LogP contribution in [0.4, 0.5) is 11.4 Å². The number of non-ortho nitro benzene ring substituents is 1. The summed E-state index contributed by atoms with van der Waals surface area (Å²) >= 11 is 3.39. The van der Waals surface area contributed by atoms with Gasteiger partial charge in [-0.25, -0.2) is 0 Å². The van der Waals surface area contributed by atoms with Crippen LogP contribution in [-0.2, 0) is 0 Å². The highest BCUT2D eigenvalue weighted by atomic mass is 79.9. The van der Waals surface area contributed by atoms with Gasteiger partial charge in [0, 0.05) is 12.1 Å². The zero-order valence-electron chi connectivity index (χ0n) is 11.1. The smallest absolute Gasteiger partial charge is 0.271 e. The lowest BCUT2D eigenvalue weighted by molar-refractivity contribution is -0.384. The summed E-state index contributed by atoms with van der Waals surface area (Å²) in [5.74, 6) is 0.735. The fourth-order valence-electron chi connectivity index (χ4n) is 1.63. The van der Waals surface area contributed by atoms with Crippen molar-refractivity contribution >= 4 is 33.5 Å². The monoisotopic (exact) mass is 349 g/mol. The molecule has 0 spiro atoms. The summed E-state index contributed by atoms with van der Waals surface area (Å²) in [5.41, 5.74) is 4.18. The van der Waals surface area contributed by atoms with E-state index in [0.29, 0.717) is 5.69 Å². The van der Waals surface area contributed by atoms with Crippen molar-refractivity contribution in [1.29, 1.82) is 0 Å². The van der Waals surface area contributed by atoms with E-state index in [1.165, 1.54) is 12.1 Å². The van der Waals surface area contributed by atoms with Crippen LogP contribution in [0.5, 0.6) is 5.75 Å². The minimum atomic E-state index is -0.449. The molecule has 0 bridgehead atoms. The maximum atomic E-state index is 10.7. The third-order valence-corrected chi connectivity index (χ3v) is 3.26. The fourth-order valence-corrected chi connectivity index (χ4v) is 2.19. The van der Waals surface area contributed by atoms with Gasteiger partial charge in [0.15, 0.2) is 0 Å². The lowest BCUT2D eigenvalue weighted by atomic mass is 10.2. The quantitative estimate of drug-likeness (QED) is 0.505. The van der Waals surface area contributed by atoms with Gasteiger partial charge in [0.25, 0.3) is 5.69 Å². The summed E-state index contributed by atoms with van der Waals surface area (Å²) in [5, 5.41) is 14.7. The van der Waals surface area contributed by atoms with Crippen molar-refractivity contribution in [2.45, 2.75) is 0 Å². The van der Waals surface area contributed by atoms with E-state index in [-0.39, 0.29) is 5.69 Å². The summed E-state index contributed by atoms with van der Waals surface area (Å²) in [6.07, 6.45) is 1.61. The van der Waals surface area contributed by atoms with Crippen molar-refractivity contribution in [3.8, 4) is 5.75 Å². The molecule has 6 nitrogen and oxygen atoms in total. The van der Waals surface area contributed by atoms with Crippen LogP contribution in [0.3, 0.4) is 0 Å². The molecule has 0 aliphatic carbocycles. The molecule has 21 heavy (non-hydrogen) atoms. The average Bonchev–Trinajstić information content (AvgIpc) is 2.48. The molecule has 0 aliphatic heterocycles. The molecule has 0 fully saturated rings. The van der Waals surface area contributed by atoms with Crippen molar-refractivity contribution in [2.24, 2.45) is 5.10 Å². The Bertz CT molecular complexity index is 689. The Labute approximate surface area is 129 Å². The number of nitrogens with zero attached hydrogens (tertiary/aromatic N) is 2. The van der Waals surface area contributed by atoms with Gasteiger partial charge in [-0.15, -0.1) is 0 Å². The van der Waals surface area contributed by atoms with Gasteiger partial charge in [-0.1, -0.05) is 6.07 Å². The van der Waals surface area contributed by atoms with Gasteiger partial charge in [0.1, 0.15) is 5.75 Å². The van der Waals surface area contributed by atoms with Crippen LogP contribution in [0.1, 0.15) is 5.56 Å². The average molecular weight is 350 g/mol. The van der Waals surface area contributed by atoms with E-state index >= 15 is 0 Å². The zero-order valence-corrected chi connectivity index (χ0v) is 12.7. The summed E-state index contributed by atoms with van der Waals surface area (Å²) in [6.45, 7) is 0. The molecule has 2 aromatic rings. The van der Waals surface area contributed by atoms with Gasteiger partial charge in [0.2, 0.25) is 0 Å². The van der Waals surface area contributed by atoms with Crippen LogP contribution in [0.15, 0.2) is 52.0 Å². The minimum absolute atomic E-state index is 0.0161. The second kappa shape index (κ2) is 6.85. The molecule has 1 N–H and O–H groups in total. The van der Waals surface area contributed by atoms with Gasteiger partial charge in [-0.2, -0.15) is 5.10 Å². The van der Waals surface area contributed by atoms with Crippen molar-refractivity contribution in [2.75, 3.05) is 12.5 Å². The Kier molecular flexibility index (Phi) is 4.89. The number of hydrogen-bond donors (Lipinski definition) is 1. The number of rotatable bonds is 5. The van der Waals surface area contributed by atoms with Crippen LogP contribution in [0.2, 0.25) is 0 Å². The SMILES string of the molecule is COc1ccc(C=NNc2cccc([N+](=O)[O-])c2)cc1Br. The van der Waals surface area contributed by atoms with E-state index in [1.54, 1.807) is 25.5 Å². The van der Waals surface area contributed by atoms with Gasteiger partial charge in [-0.05, 0) is 45.8 Å². The third kappa shape index (κ3) is 4.03. The van der Waals surface area contributed by atoms with Crippen LogP contribution in [0.25, 0.3) is 0 Å². The first-order chi connectivity index (χ1) is 10.1. The molecule has 2 aromatic carbocycles. The summed E-state index contributed by atoms with van der Waals surface area (Å²) in [4.78, 5) is 10.2. The lowest BCUT2D eigenvalue weighted by Gasteiger charge is -2.03. The van der Waals surface area contributed by atoms with Gasteiger partial charge < -0.3 is 4.74 Å². The number of methoxy groups -OCH3 is 1. The Morgan fingerprint density at radius 3 is 2.81 bits per heavy atom. The molecule has 0 aromatic heterocycles. The minimum Gasteiger partial charge on any atom is -0.496 e. The number of hydrazone groups is 1. The standard InChI is InChI=1S/C14H12BrN3O3/c1-21-14-6-5-10(7-13(14)15)9-16-17-11-3-2-4-12(8-11)18(19)20/h2-9,17H,1H3. The predicted molar refractivity (Wildman–Crippen MR) is 85.0 cm³/mol. The lowest BCUT2D eigenvalue weighted by Crippen LogP contribution is -1.93. The van der Waals surface area contributed by atoms with Gasteiger partial charge in [-0.3, -0.25) is 15.5 Å². The van der Waals surface area contributed by atoms with E-state index in [1.807, 2.05) is 18.2 Å². The first-order valence-corrected chi connectivity index (χ1v) is 6.76. The van der Waals surface area contributed by atoms with Crippen molar-refractivity contribution in [3.05, 3.63) is 62.6 Å². The van der Waals surface area contributed by atoms with Gasteiger partial charge >= 0.3 is 0 Å². The molecule has 0 heterocycles. The highest BCUT2D eigenvalue weighted by molar-refractivity contribution is 9.10. The molecule has 0 saturated heterocycles. The van der Waals surface area contributed by atoms with E-state index in [0.717, 1.165) is 15.8 Å².